The zero-order chi connectivity index (χ0) is 12.5. The van der Waals surface area contributed by atoms with E-state index in [4.69, 9.17) is 4.74 Å². The molecule has 0 aromatic rings. The van der Waals surface area contributed by atoms with E-state index in [1.165, 1.54) is 31.3 Å². The fourth-order valence-electron chi connectivity index (χ4n) is 2.26. The van der Waals surface area contributed by atoms with Gasteiger partial charge in [-0.25, -0.2) is 0 Å². The Bertz CT molecular complexity index is 235. The number of carbonyl (C=O) groups is 1. The summed E-state index contributed by atoms with van der Waals surface area (Å²) in [6.07, 6.45) is 9.88. The SMILES string of the molecule is C=C1CCC(C(=O)OCCCCCCC)CC1. The molecule has 0 radical (unpaired) electrons. The lowest BCUT2D eigenvalue weighted by molar-refractivity contribution is -0.149. The highest BCUT2D eigenvalue weighted by Crippen LogP contribution is 2.27. The Morgan fingerprint density at radius 3 is 2.53 bits per heavy atom. The first kappa shape index (κ1) is 14.3. The van der Waals surface area contributed by atoms with Gasteiger partial charge in [-0.1, -0.05) is 44.8 Å². The van der Waals surface area contributed by atoms with Crippen LogP contribution in [-0.2, 0) is 9.53 Å². The van der Waals surface area contributed by atoms with Crippen molar-refractivity contribution in [3.05, 3.63) is 12.2 Å². The summed E-state index contributed by atoms with van der Waals surface area (Å²) in [5.41, 5.74) is 1.29. The van der Waals surface area contributed by atoms with Gasteiger partial charge in [0, 0.05) is 0 Å². The lowest BCUT2D eigenvalue weighted by Gasteiger charge is -2.21. The third-order valence-electron chi connectivity index (χ3n) is 3.52. The van der Waals surface area contributed by atoms with Crippen molar-refractivity contribution in [2.45, 2.75) is 64.7 Å². The molecule has 1 fully saturated rings. The molecule has 1 rings (SSSR count). The van der Waals surface area contributed by atoms with Crippen molar-refractivity contribution < 1.29 is 9.53 Å². The maximum atomic E-state index is 11.7. The number of esters is 1. The van der Waals surface area contributed by atoms with Crippen LogP contribution >= 0.6 is 0 Å². The van der Waals surface area contributed by atoms with Crippen molar-refractivity contribution in [1.29, 1.82) is 0 Å². The Balaban J connectivity index is 2.03. The van der Waals surface area contributed by atoms with Gasteiger partial charge in [0.15, 0.2) is 0 Å². The summed E-state index contributed by atoms with van der Waals surface area (Å²) in [4.78, 5) is 11.7. The molecular weight excluding hydrogens is 212 g/mol. The minimum Gasteiger partial charge on any atom is -0.465 e. The van der Waals surface area contributed by atoms with Gasteiger partial charge < -0.3 is 4.74 Å². The van der Waals surface area contributed by atoms with Crippen molar-refractivity contribution in [3.8, 4) is 0 Å². The van der Waals surface area contributed by atoms with Crippen LogP contribution in [0.4, 0.5) is 0 Å². The van der Waals surface area contributed by atoms with Crippen LogP contribution in [-0.4, -0.2) is 12.6 Å². The fourth-order valence-corrected chi connectivity index (χ4v) is 2.26. The van der Waals surface area contributed by atoms with E-state index in [0.29, 0.717) is 6.61 Å². The molecule has 0 atom stereocenters. The summed E-state index contributed by atoms with van der Waals surface area (Å²) in [6, 6.07) is 0. The molecule has 1 saturated carbocycles. The highest BCUT2D eigenvalue weighted by Gasteiger charge is 2.23. The van der Waals surface area contributed by atoms with Crippen molar-refractivity contribution in [2.24, 2.45) is 5.92 Å². The first-order valence-electron chi connectivity index (χ1n) is 7.07. The monoisotopic (exact) mass is 238 g/mol. The van der Waals surface area contributed by atoms with Crippen LogP contribution in [0.2, 0.25) is 0 Å². The summed E-state index contributed by atoms with van der Waals surface area (Å²) in [5, 5.41) is 0. The Morgan fingerprint density at radius 2 is 1.88 bits per heavy atom. The maximum absolute atomic E-state index is 11.7. The third kappa shape index (κ3) is 5.90. The Kier molecular flexibility index (Phi) is 6.99. The molecule has 0 aromatic carbocycles. The van der Waals surface area contributed by atoms with Crippen molar-refractivity contribution in [3.63, 3.8) is 0 Å². The molecule has 0 amide bonds. The average Bonchev–Trinajstić information content (AvgIpc) is 2.34. The van der Waals surface area contributed by atoms with E-state index >= 15 is 0 Å². The maximum Gasteiger partial charge on any atom is 0.308 e. The molecular formula is C15H26O2. The van der Waals surface area contributed by atoms with E-state index in [9.17, 15) is 4.79 Å². The lowest BCUT2D eigenvalue weighted by atomic mass is 9.87. The van der Waals surface area contributed by atoms with Crippen LogP contribution < -0.4 is 0 Å². The van der Waals surface area contributed by atoms with Gasteiger partial charge in [-0.3, -0.25) is 4.79 Å². The Morgan fingerprint density at radius 1 is 1.24 bits per heavy atom. The van der Waals surface area contributed by atoms with Gasteiger partial charge in [0.1, 0.15) is 0 Å². The van der Waals surface area contributed by atoms with Crippen LogP contribution in [0.25, 0.3) is 0 Å². The van der Waals surface area contributed by atoms with Crippen molar-refractivity contribution in [1.82, 2.24) is 0 Å². The van der Waals surface area contributed by atoms with Gasteiger partial charge in [0.2, 0.25) is 0 Å². The van der Waals surface area contributed by atoms with E-state index in [1.54, 1.807) is 0 Å². The molecule has 0 bridgehead atoms. The normalized spacial score (nSPS) is 17.1. The molecule has 0 aromatic heterocycles. The minimum absolute atomic E-state index is 0.0213. The predicted molar refractivity (Wildman–Crippen MR) is 70.8 cm³/mol. The van der Waals surface area contributed by atoms with E-state index in [2.05, 4.69) is 13.5 Å². The van der Waals surface area contributed by atoms with Crippen LogP contribution in [0.5, 0.6) is 0 Å². The quantitative estimate of drug-likeness (QED) is 0.376. The molecule has 0 heterocycles. The van der Waals surface area contributed by atoms with Gasteiger partial charge in [-0.05, 0) is 32.1 Å². The topological polar surface area (TPSA) is 26.3 Å². The van der Waals surface area contributed by atoms with E-state index in [-0.39, 0.29) is 11.9 Å². The van der Waals surface area contributed by atoms with Gasteiger partial charge in [-0.15, -0.1) is 0 Å². The van der Waals surface area contributed by atoms with Gasteiger partial charge in [-0.2, -0.15) is 0 Å². The predicted octanol–water partition coefficient (Wildman–Crippen LogP) is 4.25. The van der Waals surface area contributed by atoms with Crippen LogP contribution in [0.3, 0.4) is 0 Å². The van der Waals surface area contributed by atoms with Crippen LogP contribution in [0, 0.1) is 5.92 Å². The smallest absolute Gasteiger partial charge is 0.308 e. The zero-order valence-electron chi connectivity index (χ0n) is 11.2. The second-order valence-electron chi connectivity index (χ2n) is 5.11. The number of carbonyl (C=O) groups excluding carboxylic acids is 1. The first-order valence-corrected chi connectivity index (χ1v) is 7.07. The average molecular weight is 238 g/mol. The van der Waals surface area contributed by atoms with Gasteiger partial charge in [0.25, 0.3) is 0 Å². The van der Waals surface area contributed by atoms with E-state index in [1.807, 2.05) is 0 Å². The summed E-state index contributed by atoms with van der Waals surface area (Å²) in [5.74, 6) is 0.157. The molecule has 17 heavy (non-hydrogen) atoms. The zero-order valence-corrected chi connectivity index (χ0v) is 11.2. The fraction of sp³-hybridized carbons (Fsp3) is 0.800. The summed E-state index contributed by atoms with van der Waals surface area (Å²) in [6.45, 7) is 6.78. The van der Waals surface area contributed by atoms with E-state index < -0.39 is 0 Å². The van der Waals surface area contributed by atoms with Crippen LogP contribution in [0.1, 0.15) is 64.7 Å². The number of ether oxygens (including phenoxy) is 1. The largest absolute Gasteiger partial charge is 0.465 e. The second-order valence-corrected chi connectivity index (χ2v) is 5.11. The summed E-state index contributed by atoms with van der Waals surface area (Å²) >= 11 is 0. The molecule has 0 saturated heterocycles. The lowest BCUT2D eigenvalue weighted by Crippen LogP contribution is -2.21. The molecule has 0 unspecified atom stereocenters. The molecule has 0 spiro atoms. The van der Waals surface area contributed by atoms with Crippen LogP contribution in [0.15, 0.2) is 12.2 Å². The molecule has 1 aliphatic carbocycles. The van der Waals surface area contributed by atoms with Gasteiger partial charge in [0.05, 0.1) is 12.5 Å². The first-order chi connectivity index (χ1) is 8.24. The standard InChI is InChI=1S/C15H26O2/c1-3-4-5-6-7-12-17-15(16)14-10-8-13(2)9-11-14/h14H,2-12H2,1H3. The van der Waals surface area contributed by atoms with Crippen molar-refractivity contribution >= 4 is 5.97 Å². The molecule has 0 N–H and O–H groups in total. The molecule has 98 valence electrons. The summed E-state index contributed by atoms with van der Waals surface area (Å²) < 4.78 is 5.33. The molecule has 2 heteroatoms. The van der Waals surface area contributed by atoms with E-state index in [0.717, 1.165) is 32.1 Å². The Hall–Kier alpha value is -0.790. The Labute approximate surface area is 105 Å². The van der Waals surface area contributed by atoms with Crippen molar-refractivity contribution in [2.75, 3.05) is 6.61 Å². The number of allylic oxidation sites excluding steroid dienone is 1. The molecule has 2 nitrogen and oxygen atoms in total. The number of rotatable bonds is 7. The van der Waals surface area contributed by atoms with Gasteiger partial charge >= 0.3 is 5.97 Å². The third-order valence-corrected chi connectivity index (χ3v) is 3.52. The number of hydrogen-bond donors (Lipinski definition) is 0. The highest BCUT2D eigenvalue weighted by molar-refractivity contribution is 5.72. The highest BCUT2D eigenvalue weighted by atomic mass is 16.5. The number of hydrogen-bond acceptors (Lipinski definition) is 2. The number of unbranched alkanes of at least 4 members (excludes halogenated alkanes) is 4. The molecule has 0 aliphatic heterocycles. The minimum atomic E-state index is 0.0213. The second kappa shape index (κ2) is 8.32. The molecule has 1 aliphatic rings. The summed E-state index contributed by atoms with van der Waals surface area (Å²) in [7, 11) is 0.